The standard InChI is InChI=1S/C30H37N5O4/c1-6-22-16-35(17-24-26(39-22)9-10-27(36)31-24)15-21-13-20(8-7-18(21)2)23(14-28(37)38)30(4)12-11-25-29(19(30)3)32-33-34(25)5/h7-13,19,22-23H,6,14-17H2,1-5H3,(H,31,36)(H,37,38)/t19?,22-,23+,30?/m1/s1. The largest absolute Gasteiger partial charge is 0.487 e. The van der Waals surface area contributed by atoms with Crippen LogP contribution in [0.15, 0.2) is 41.2 Å². The minimum Gasteiger partial charge on any atom is -0.487 e. The van der Waals surface area contributed by atoms with Gasteiger partial charge in [0.25, 0.3) is 0 Å². The first-order chi connectivity index (χ1) is 18.6. The van der Waals surface area contributed by atoms with Crippen molar-refractivity contribution in [3.8, 4) is 5.75 Å². The van der Waals surface area contributed by atoms with Crippen molar-refractivity contribution >= 4 is 12.0 Å². The lowest BCUT2D eigenvalue weighted by atomic mass is 9.62. The van der Waals surface area contributed by atoms with Crippen LogP contribution in [-0.2, 0) is 24.9 Å². The van der Waals surface area contributed by atoms with Gasteiger partial charge in [0.15, 0.2) is 0 Å². The van der Waals surface area contributed by atoms with Crippen LogP contribution in [0.2, 0.25) is 0 Å². The number of aliphatic carboxylic acids is 1. The predicted molar refractivity (Wildman–Crippen MR) is 149 cm³/mol. The minimum absolute atomic E-state index is 0.00729. The molecule has 2 unspecified atom stereocenters. The number of allylic oxidation sites excluding steroid dienone is 1. The van der Waals surface area contributed by atoms with Crippen molar-refractivity contribution in [2.75, 3.05) is 6.54 Å². The molecular formula is C30H37N5O4. The number of benzene rings is 1. The zero-order chi connectivity index (χ0) is 27.9. The van der Waals surface area contributed by atoms with E-state index in [1.807, 2.05) is 13.1 Å². The molecule has 3 heterocycles. The Bertz CT molecular complexity index is 1470. The first-order valence-electron chi connectivity index (χ1n) is 13.6. The number of aryl methyl sites for hydroxylation is 2. The van der Waals surface area contributed by atoms with Gasteiger partial charge in [0.1, 0.15) is 11.9 Å². The van der Waals surface area contributed by atoms with Gasteiger partial charge in [-0.1, -0.05) is 50.3 Å². The molecule has 2 aromatic heterocycles. The number of fused-ring (bicyclic) bond motifs is 2. The zero-order valence-electron chi connectivity index (χ0n) is 23.3. The second-order valence-electron chi connectivity index (χ2n) is 11.2. The summed E-state index contributed by atoms with van der Waals surface area (Å²) in [4.78, 5) is 29.4. The molecule has 0 amide bonds. The van der Waals surface area contributed by atoms with E-state index < -0.39 is 11.4 Å². The highest BCUT2D eigenvalue weighted by molar-refractivity contribution is 5.69. The highest BCUT2D eigenvalue weighted by atomic mass is 16.5. The topological polar surface area (TPSA) is 113 Å². The number of hydrogen-bond donors (Lipinski definition) is 2. The van der Waals surface area contributed by atoms with Gasteiger partial charge >= 0.3 is 5.97 Å². The highest BCUT2D eigenvalue weighted by Crippen LogP contribution is 2.52. The van der Waals surface area contributed by atoms with E-state index in [1.165, 1.54) is 6.07 Å². The van der Waals surface area contributed by atoms with Gasteiger partial charge in [-0.15, -0.1) is 5.10 Å². The Morgan fingerprint density at radius 1 is 1.31 bits per heavy atom. The normalized spacial score (nSPS) is 23.4. The zero-order valence-corrected chi connectivity index (χ0v) is 23.3. The molecule has 1 aliphatic carbocycles. The fourth-order valence-corrected chi connectivity index (χ4v) is 6.05. The molecule has 0 spiro atoms. The Morgan fingerprint density at radius 2 is 2.10 bits per heavy atom. The van der Waals surface area contributed by atoms with Gasteiger partial charge in [0.05, 0.1) is 23.5 Å². The molecule has 1 aliphatic heterocycles. The van der Waals surface area contributed by atoms with Crippen molar-refractivity contribution < 1.29 is 14.6 Å². The van der Waals surface area contributed by atoms with Gasteiger partial charge in [-0.05, 0) is 42.2 Å². The van der Waals surface area contributed by atoms with Crippen LogP contribution in [-0.4, -0.2) is 48.6 Å². The third kappa shape index (κ3) is 5.15. The predicted octanol–water partition coefficient (Wildman–Crippen LogP) is 4.38. The first-order valence-corrected chi connectivity index (χ1v) is 13.6. The summed E-state index contributed by atoms with van der Waals surface area (Å²) in [6.07, 6.45) is 5.03. The van der Waals surface area contributed by atoms with Crippen LogP contribution < -0.4 is 10.3 Å². The van der Waals surface area contributed by atoms with E-state index in [-0.39, 0.29) is 29.9 Å². The molecule has 0 saturated heterocycles. The lowest BCUT2D eigenvalue weighted by molar-refractivity contribution is -0.138. The molecule has 9 nitrogen and oxygen atoms in total. The molecule has 3 aromatic rings. The second kappa shape index (κ2) is 10.4. The van der Waals surface area contributed by atoms with Gasteiger partial charge in [-0.25, -0.2) is 4.68 Å². The Morgan fingerprint density at radius 3 is 2.85 bits per heavy atom. The van der Waals surface area contributed by atoms with Crippen molar-refractivity contribution in [1.29, 1.82) is 0 Å². The monoisotopic (exact) mass is 531 g/mol. The van der Waals surface area contributed by atoms with Crippen molar-refractivity contribution in [2.24, 2.45) is 12.5 Å². The summed E-state index contributed by atoms with van der Waals surface area (Å²) in [6, 6.07) is 9.59. The number of carboxylic acid groups (broad SMARTS) is 1. The Kier molecular flexibility index (Phi) is 7.20. The SMILES string of the molecule is CC[C@@H]1CN(Cc2cc([C@H](CC(=O)O)C3(C)C=Cc4c(nnn4C)C3C)ccc2C)Cc2[nH]c(=O)ccc2O1. The van der Waals surface area contributed by atoms with Gasteiger partial charge in [-0.2, -0.15) is 0 Å². The molecule has 5 rings (SSSR count). The molecular weight excluding hydrogens is 494 g/mol. The van der Waals surface area contributed by atoms with Crippen LogP contribution >= 0.6 is 0 Å². The number of nitrogens with one attached hydrogen (secondary N) is 1. The van der Waals surface area contributed by atoms with E-state index in [0.29, 0.717) is 13.1 Å². The number of rotatable bonds is 7. The number of carbonyl (C=O) groups is 1. The average molecular weight is 532 g/mol. The summed E-state index contributed by atoms with van der Waals surface area (Å²) >= 11 is 0. The third-order valence-electron chi connectivity index (χ3n) is 8.69. The summed E-state index contributed by atoms with van der Waals surface area (Å²) in [5.41, 5.74) is 5.31. The number of ether oxygens (including phenoxy) is 1. The summed E-state index contributed by atoms with van der Waals surface area (Å²) < 4.78 is 7.96. The highest BCUT2D eigenvalue weighted by Gasteiger charge is 2.44. The number of pyridine rings is 1. The van der Waals surface area contributed by atoms with Gasteiger partial charge < -0.3 is 14.8 Å². The summed E-state index contributed by atoms with van der Waals surface area (Å²) in [5, 5.41) is 18.6. The van der Waals surface area contributed by atoms with E-state index in [1.54, 1.807) is 10.7 Å². The minimum atomic E-state index is -0.829. The number of aromatic nitrogens is 4. The van der Waals surface area contributed by atoms with E-state index >= 15 is 0 Å². The smallest absolute Gasteiger partial charge is 0.303 e. The molecule has 1 aromatic carbocycles. The maximum absolute atomic E-state index is 12.1. The molecule has 0 fully saturated rings. The maximum atomic E-state index is 12.1. The van der Waals surface area contributed by atoms with Crippen molar-refractivity contribution in [3.05, 3.63) is 80.5 Å². The van der Waals surface area contributed by atoms with Crippen LogP contribution in [0.25, 0.3) is 6.08 Å². The fraction of sp³-hybridized carbons (Fsp3) is 0.467. The third-order valence-corrected chi connectivity index (χ3v) is 8.69. The fourth-order valence-electron chi connectivity index (χ4n) is 6.05. The molecule has 0 radical (unpaired) electrons. The molecule has 2 N–H and O–H groups in total. The van der Waals surface area contributed by atoms with E-state index in [9.17, 15) is 14.7 Å². The molecule has 39 heavy (non-hydrogen) atoms. The van der Waals surface area contributed by atoms with Crippen molar-refractivity contribution in [3.63, 3.8) is 0 Å². The number of nitrogens with zero attached hydrogens (tertiary/aromatic N) is 4. The van der Waals surface area contributed by atoms with Gasteiger partial charge in [-0.3, -0.25) is 14.5 Å². The lowest BCUT2D eigenvalue weighted by Gasteiger charge is -2.41. The first kappa shape index (κ1) is 26.9. The Balaban J connectivity index is 1.49. The van der Waals surface area contributed by atoms with Crippen molar-refractivity contribution in [2.45, 2.75) is 71.6 Å². The molecule has 0 saturated carbocycles. The molecule has 4 atom stereocenters. The van der Waals surface area contributed by atoms with Crippen LogP contribution in [0.1, 0.15) is 79.2 Å². The average Bonchev–Trinajstić information content (AvgIpc) is 3.18. The number of aromatic amines is 1. The second-order valence-corrected chi connectivity index (χ2v) is 11.2. The Labute approximate surface area is 228 Å². The number of hydrogen-bond acceptors (Lipinski definition) is 6. The quantitative estimate of drug-likeness (QED) is 0.465. The number of carboxylic acids is 1. The van der Waals surface area contributed by atoms with Crippen LogP contribution in [0.5, 0.6) is 5.75 Å². The van der Waals surface area contributed by atoms with Crippen LogP contribution in [0.3, 0.4) is 0 Å². The van der Waals surface area contributed by atoms with Crippen molar-refractivity contribution in [1.82, 2.24) is 24.9 Å². The lowest BCUT2D eigenvalue weighted by Crippen LogP contribution is -2.34. The molecule has 2 aliphatic rings. The van der Waals surface area contributed by atoms with E-state index in [2.05, 4.69) is 72.2 Å². The summed E-state index contributed by atoms with van der Waals surface area (Å²) in [5.74, 6) is -0.374. The van der Waals surface area contributed by atoms with Crippen LogP contribution in [0, 0.1) is 12.3 Å². The summed E-state index contributed by atoms with van der Waals surface area (Å²) in [6.45, 7) is 10.4. The van der Waals surface area contributed by atoms with Crippen LogP contribution in [0.4, 0.5) is 0 Å². The molecule has 0 bridgehead atoms. The Hall–Kier alpha value is -3.72. The van der Waals surface area contributed by atoms with Gasteiger partial charge in [0.2, 0.25) is 5.56 Å². The maximum Gasteiger partial charge on any atom is 0.303 e. The summed E-state index contributed by atoms with van der Waals surface area (Å²) in [7, 11) is 1.87. The van der Waals surface area contributed by atoms with Gasteiger partial charge in [0, 0.05) is 50.0 Å². The number of H-pyrrole nitrogens is 1. The molecule has 206 valence electrons. The van der Waals surface area contributed by atoms with E-state index in [0.717, 1.165) is 52.5 Å². The molecule has 9 heteroatoms. The van der Waals surface area contributed by atoms with E-state index in [4.69, 9.17) is 4.74 Å².